The Kier molecular flexibility index (Phi) is 9.95. The first-order chi connectivity index (χ1) is 19.9. The van der Waals surface area contributed by atoms with Crippen molar-refractivity contribution in [1.82, 2.24) is 14.9 Å². The van der Waals surface area contributed by atoms with Crippen LogP contribution < -0.4 is 24.3 Å². The zero-order chi connectivity index (χ0) is 29.2. The van der Waals surface area contributed by atoms with E-state index in [-0.39, 0.29) is 0 Å². The van der Waals surface area contributed by atoms with E-state index in [1.54, 1.807) is 25.3 Å². The molecular formula is C31H34N4O6. The summed E-state index contributed by atoms with van der Waals surface area (Å²) in [5.74, 6) is 1.40. The van der Waals surface area contributed by atoms with E-state index in [4.69, 9.17) is 18.9 Å². The van der Waals surface area contributed by atoms with Gasteiger partial charge in [-0.3, -0.25) is 0 Å². The van der Waals surface area contributed by atoms with Gasteiger partial charge in [0.05, 0.1) is 32.0 Å². The van der Waals surface area contributed by atoms with E-state index in [0.717, 1.165) is 24.6 Å². The monoisotopic (exact) mass is 558 g/mol. The summed E-state index contributed by atoms with van der Waals surface area (Å²) < 4.78 is 23.5. The second-order valence-corrected chi connectivity index (χ2v) is 9.38. The highest BCUT2D eigenvalue weighted by atomic mass is 16.5. The van der Waals surface area contributed by atoms with Crippen LogP contribution in [0.5, 0.6) is 23.0 Å². The Balaban J connectivity index is 1.74. The second kappa shape index (κ2) is 14.0. The number of nitrogens with zero attached hydrogens (tertiary/aromatic N) is 3. The fraction of sp³-hybridized carbons (Fsp3) is 0.258. The first-order valence-corrected chi connectivity index (χ1v) is 13.1. The highest BCUT2D eigenvalue weighted by Crippen LogP contribution is 2.42. The average molecular weight is 559 g/mol. The predicted molar refractivity (Wildman–Crippen MR) is 158 cm³/mol. The van der Waals surface area contributed by atoms with Crippen molar-refractivity contribution in [2.45, 2.75) is 13.0 Å². The van der Waals surface area contributed by atoms with Gasteiger partial charge < -0.3 is 34.3 Å². The maximum absolute atomic E-state index is 11.3. The number of benzene rings is 3. The van der Waals surface area contributed by atoms with Crippen molar-refractivity contribution in [2.24, 2.45) is 0 Å². The van der Waals surface area contributed by atoms with E-state index in [1.165, 1.54) is 19.5 Å². The van der Waals surface area contributed by atoms with Crippen LogP contribution >= 0.6 is 0 Å². The third kappa shape index (κ3) is 7.64. The minimum Gasteiger partial charge on any atom is -0.493 e. The summed E-state index contributed by atoms with van der Waals surface area (Å²) in [6.45, 7) is 1.72. The summed E-state index contributed by atoms with van der Waals surface area (Å²) in [4.78, 5) is 22.3. The Morgan fingerprint density at radius 2 is 1.78 bits per heavy atom. The Labute approximate surface area is 239 Å². The number of anilines is 2. The van der Waals surface area contributed by atoms with Gasteiger partial charge in [-0.2, -0.15) is 0 Å². The second-order valence-electron chi connectivity index (χ2n) is 9.38. The molecule has 4 rings (SSSR count). The normalized spacial score (nSPS) is 11.1. The van der Waals surface area contributed by atoms with Crippen LogP contribution in [0.3, 0.4) is 0 Å². The topological polar surface area (TPSA) is 115 Å². The number of nitrogens with one attached hydrogen (secondary N) is 1. The predicted octanol–water partition coefficient (Wildman–Crippen LogP) is 5.40. The van der Waals surface area contributed by atoms with E-state index in [2.05, 4.69) is 20.2 Å². The van der Waals surface area contributed by atoms with Crippen LogP contribution in [0.15, 0.2) is 67.0 Å². The lowest BCUT2D eigenvalue weighted by atomic mass is 10.1. The molecule has 0 unspecified atom stereocenters. The molecule has 1 aromatic heterocycles. The van der Waals surface area contributed by atoms with Gasteiger partial charge in [-0.25, -0.2) is 14.8 Å². The van der Waals surface area contributed by atoms with E-state index in [1.807, 2.05) is 50.5 Å². The molecule has 41 heavy (non-hydrogen) atoms. The number of hydrogen-bond donors (Lipinski definition) is 2. The minimum absolute atomic E-state index is 0.325. The molecular weight excluding hydrogens is 524 g/mol. The summed E-state index contributed by atoms with van der Waals surface area (Å²) in [5, 5.41) is 13.3. The van der Waals surface area contributed by atoms with Crippen LogP contribution in [0, 0.1) is 0 Å². The van der Waals surface area contributed by atoms with Crippen molar-refractivity contribution in [1.29, 1.82) is 0 Å². The summed E-state index contributed by atoms with van der Waals surface area (Å²) in [6, 6.07) is 16.9. The number of ether oxygens (including phenoxy) is 4. The molecule has 0 fully saturated rings. The highest BCUT2D eigenvalue weighted by molar-refractivity contribution is 5.95. The molecule has 3 aromatic carbocycles. The molecule has 0 amide bonds. The van der Waals surface area contributed by atoms with Gasteiger partial charge in [0.1, 0.15) is 18.8 Å². The number of carboxylic acids is 1. The van der Waals surface area contributed by atoms with Gasteiger partial charge in [-0.1, -0.05) is 30.3 Å². The number of fused-ring (bicyclic) bond motifs is 1. The van der Waals surface area contributed by atoms with Gasteiger partial charge in [0.2, 0.25) is 0 Å². The smallest absolute Gasteiger partial charge is 0.328 e. The lowest BCUT2D eigenvalue weighted by Crippen LogP contribution is -2.15. The molecule has 0 aliphatic carbocycles. The third-order valence-corrected chi connectivity index (χ3v) is 6.17. The summed E-state index contributed by atoms with van der Waals surface area (Å²) in [5.41, 5.74) is 2.68. The van der Waals surface area contributed by atoms with Crippen LogP contribution in [0.4, 0.5) is 11.5 Å². The molecule has 0 saturated heterocycles. The Morgan fingerprint density at radius 1 is 0.976 bits per heavy atom. The number of carboxylic acid groups (broad SMARTS) is 1. The molecule has 1 heterocycles. The van der Waals surface area contributed by atoms with E-state index in [0.29, 0.717) is 64.2 Å². The van der Waals surface area contributed by atoms with Gasteiger partial charge in [0.15, 0.2) is 23.0 Å². The largest absolute Gasteiger partial charge is 0.493 e. The third-order valence-electron chi connectivity index (χ3n) is 6.17. The van der Waals surface area contributed by atoms with E-state index < -0.39 is 5.97 Å². The Hall–Kier alpha value is -4.83. The fourth-order valence-electron chi connectivity index (χ4n) is 4.18. The zero-order valence-electron chi connectivity index (χ0n) is 23.6. The van der Waals surface area contributed by atoms with Crippen LogP contribution in [-0.4, -0.2) is 67.4 Å². The average Bonchev–Trinajstić information content (AvgIpc) is 2.97. The van der Waals surface area contributed by atoms with E-state index in [9.17, 15) is 9.90 Å². The Bertz CT molecular complexity index is 1510. The molecule has 10 heteroatoms. The van der Waals surface area contributed by atoms with Crippen LogP contribution in [-0.2, 0) is 11.4 Å². The maximum atomic E-state index is 11.3. The number of methoxy groups -OCH3 is 2. The summed E-state index contributed by atoms with van der Waals surface area (Å²) in [7, 11) is 7.15. The standard InChI is InChI=1S/C31H34N4O6/c1-35(2)15-8-16-40-27-17-23-24(18-26(27)38-3)32-20-33-31(23)34-29-22(12-14-28(36)37)11-13-25(30(29)39-4)41-19-21-9-6-5-7-10-21/h5-7,9-14,17-18,20H,8,15-16,19H2,1-4H3,(H,36,37)(H,32,33,34). The first kappa shape index (κ1) is 29.2. The molecule has 4 aromatic rings. The van der Waals surface area contributed by atoms with Crippen LogP contribution in [0.2, 0.25) is 0 Å². The molecule has 0 saturated carbocycles. The highest BCUT2D eigenvalue weighted by Gasteiger charge is 2.18. The molecule has 0 bridgehead atoms. The number of carbonyl (C=O) groups is 1. The van der Waals surface area contributed by atoms with Gasteiger partial charge in [-0.05, 0) is 50.4 Å². The molecule has 2 N–H and O–H groups in total. The van der Waals surface area contributed by atoms with Crippen molar-refractivity contribution in [3.05, 3.63) is 78.1 Å². The number of rotatable bonds is 14. The van der Waals surface area contributed by atoms with Crippen LogP contribution in [0.25, 0.3) is 17.0 Å². The summed E-state index contributed by atoms with van der Waals surface area (Å²) >= 11 is 0. The number of aliphatic carboxylic acids is 1. The number of hydrogen-bond acceptors (Lipinski definition) is 9. The van der Waals surface area contributed by atoms with Gasteiger partial charge in [0, 0.05) is 29.6 Å². The van der Waals surface area contributed by atoms with Crippen molar-refractivity contribution in [3.8, 4) is 23.0 Å². The van der Waals surface area contributed by atoms with Crippen LogP contribution in [0.1, 0.15) is 17.5 Å². The molecule has 214 valence electrons. The molecule has 0 aliphatic heterocycles. The van der Waals surface area contributed by atoms with Crippen molar-refractivity contribution in [3.63, 3.8) is 0 Å². The lowest BCUT2D eigenvalue weighted by Gasteiger charge is -2.19. The number of aromatic nitrogens is 2. The van der Waals surface area contributed by atoms with Crippen molar-refractivity contribution < 1.29 is 28.8 Å². The first-order valence-electron chi connectivity index (χ1n) is 13.1. The summed E-state index contributed by atoms with van der Waals surface area (Å²) in [6.07, 6.45) is 4.83. The Morgan fingerprint density at radius 3 is 2.49 bits per heavy atom. The van der Waals surface area contributed by atoms with Gasteiger partial charge in [0.25, 0.3) is 0 Å². The molecule has 0 aliphatic rings. The molecule has 10 nitrogen and oxygen atoms in total. The lowest BCUT2D eigenvalue weighted by molar-refractivity contribution is -0.131. The van der Waals surface area contributed by atoms with Gasteiger partial charge in [-0.15, -0.1) is 0 Å². The quantitative estimate of drug-likeness (QED) is 0.154. The van der Waals surface area contributed by atoms with Crippen molar-refractivity contribution >= 4 is 34.5 Å². The van der Waals surface area contributed by atoms with Gasteiger partial charge >= 0.3 is 5.97 Å². The fourth-order valence-corrected chi connectivity index (χ4v) is 4.18. The SMILES string of the molecule is COc1cc2ncnc(Nc3c(C=CC(=O)O)ccc(OCc4ccccc4)c3OC)c2cc1OCCCN(C)C. The molecule has 0 radical (unpaired) electrons. The zero-order valence-corrected chi connectivity index (χ0v) is 23.6. The molecule has 0 spiro atoms. The minimum atomic E-state index is -1.07. The van der Waals surface area contributed by atoms with Crippen molar-refractivity contribution in [2.75, 3.05) is 46.8 Å². The molecule has 0 atom stereocenters. The maximum Gasteiger partial charge on any atom is 0.328 e. The van der Waals surface area contributed by atoms with E-state index >= 15 is 0 Å².